The number of nitrogens with one attached hydrogen (secondary N) is 1. The molecule has 168 valence electrons. The molecular weight excluding hydrogens is 426 g/mol. The molecule has 0 aliphatic heterocycles. The molecule has 1 amide bonds. The van der Waals surface area contributed by atoms with Gasteiger partial charge in [0.1, 0.15) is 11.6 Å². The van der Waals surface area contributed by atoms with Crippen LogP contribution in [-0.2, 0) is 16.1 Å². The Morgan fingerprint density at radius 1 is 1.00 bits per heavy atom. The maximum absolute atomic E-state index is 13.0. The van der Waals surface area contributed by atoms with E-state index >= 15 is 0 Å². The van der Waals surface area contributed by atoms with Crippen LogP contribution in [0.25, 0.3) is 17.0 Å². The van der Waals surface area contributed by atoms with Gasteiger partial charge in [-0.25, -0.2) is 4.79 Å². The van der Waals surface area contributed by atoms with E-state index < -0.39 is 11.9 Å². The Morgan fingerprint density at radius 2 is 1.71 bits per heavy atom. The third-order valence-corrected chi connectivity index (χ3v) is 5.35. The van der Waals surface area contributed by atoms with Gasteiger partial charge in [-0.05, 0) is 36.8 Å². The molecule has 1 N–H and O–H groups in total. The van der Waals surface area contributed by atoms with E-state index in [-0.39, 0.29) is 17.7 Å². The van der Waals surface area contributed by atoms with Gasteiger partial charge in [-0.3, -0.25) is 4.79 Å². The Morgan fingerprint density at radius 3 is 2.47 bits per heavy atom. The summed E-state index contributed by atoms with van der Waals surface area (Å²) in [6, 6.07) is 26.5. The number of hydrogen-bond donors (Lipinski definition) is 1. The molecule has 4 aromatic rings. The van der Waals surface area contributed by atoms with Gasteiger partial charge in [-0.1, -0.05) is 60.7 Å². The molecule has 0 unspecified atom stereocenters. The first-order chi connectivity index (χ1) is 16.6. The number of para-hydroxylation sites is 2. The Hall–Kier alpha value is -4.63. The minimum Gasteiger partial charge on any atom is -0.462 e. The summed E-state index contributed by atoms with van der Waals surface area (Å²) in [5, 5.41) is 13.3. The van der Waals surface area contributed by atoms with Crippen molar-refractivity contribution < 1.29 is 14.3 Å². The lowest BCUT2D eigenvalue weighted by Crippen LogP contribution is -2.17. The molecule has 0 saturated carbocycles. The van der Waals surface area contributed by atoms with Crippen LogP contribution in [0.3, 0.4) is 0 Å². The summed E-state index contributed by atoms with van der Waals surface area (Å²) in [5.41, 5.74) is 3.36. The molecule has 34 heavy (non-hydrogen) atoms. The number of hydrogen-bond acceptors (Lipinski definition) is 4. The van der Waals surface area contributed by atoms with Crippen molar-refractivity contribution in [1.82, 2.24) is 4.57 Å². The summed E-state index contributed by atoms with van der Waals surface area (Å²) in [7, 11) is 0. The number of aromatic nitrogens is 1. The molecule has 6 heteroatoms. The monoisotopic (exact) mass is 449 g/mol. The van der Waals surface area contributed by atoms with Gasteiger partial charge in [-0.15, -0.1) is 0 Å². The van der Waals surface area contributed by atoms with Crippen molar-refractivity contribution in [2.45, 2.75) is 13.5 Å². The normalized spacial score (nSPS) is 11.1. The van der Waals surface area contributed by atoms with E-state index in [4.69, 9.17) is 4.74 Å². The van der Waals surface area contributed by atoms with Gasteiger partial charge in [0.15, 0.2) is 0 Å². The number of esters is 1. The van der Waals surface area contributed by atoms with Crippen LogP contribution in [0.4, 0.5) is 5.69 Å². The molecule has 0 fully saturated rings. The van der Waals surface area contributed by atoms with Crippen molar-refractivity contribution in [1.29, 1.82) is 5.26 Å². The van der Waals surface area contributed by atoms with Crippen molar-refractivity contribution in [2.24, 2.45) is 0 Å². The van der Waals surface area contributed by atoms with Crippen LogP contribution in [0.5, 0.6) is 0 Å². The number of carbonyl (C=O) groups is 2. The van der Waals surface area contributed by atoms with Crippen LogP contribution in [0.2, 0.25) is 0 Å². The van der Waals surface area contributed by atoms with Crippen LogP contribution in [-0.4, -0.2) is 23.1 Å². The second-order valence-corrected chi connectivity index (χ2v) is 7.61. The minimum absolute atomic E-state index is 0.0683. The fraction of sp³-hybridized carbons (Fsp3) is 0.107. The first-order valence-corrected chi connectivity index (χ1v) is 10.9. The first-order valence-electron chi connectivity index (χ1n) is 10.9. The SMILES string of the molecule is CCOC(=O)c1ccccc1NC(=O)/C(C#N)=C\c1cn(Cc2ccccc2)c2ccccc12. The lowest BCUT2D eigenvalue weighted by molar-refractivity contribution is -0.112. The number of nitriles is 1. The van der Waals surface area contributed by atoms with Gasteiger partial charge in [0.2, 0.25) is 0 Å². The van der Waals surface area contributed by atoms with E-state index in [0.29, 0.717) is 12.2 Å². The summed E-state index contributed by atoms with van der Waals surface area (Å²) in [5.74, 6) is -1.14. The molecule has 1 heterocycles. The van der Waals surface area contributed by atoms with E-state index in [9.17, 15) is 14.9 Å². The quantitative estimate of drug-likeness (QED) is 0.232. The molecule has 4 rings (SSSR count). The highest BCUT2D eigenvalue weighted by molar-refractivity contribution is 6.12. The van der Waals surface area contributed by atoms with E-state index in [2.05, 4.69) is 22.0 Å². The molecule has 0 aliphatic carbocycles. The Labute approximate surface area is 197 Å². The smallest absolute Gasteiger partial charge is 0.340 e. The summed E-state index contributed by atoms with van der Waals surface area (Å²) in [6.07, 6.45) is 3.51. The number of nitrogens with zero attached hydrogens (tertiary/aromatic N) is 2. The van der Waals surface area contributed by atoms with Crippen LogP contribution in [0, 0.1) is 11.3 Å². The predicted octanol–water partition coefficient (Wildman–Crippen LogP) is 5.41. The van der Waals surface area contributed by atoms with E-state index in [0.717, 1.165) is 22.0 Å². The second-order valence-electron chi connectivity index (χ2n) is 7.61. The number of anilines is 1. The van der Waals surface area contributed by atoms with Gasteiger partial charge >= 0.3 is 5.97 Å². The van der Waals surface area contributed by atoms with Gasteiger partial charge in [0.05, 0.1) is 17.9 Å². The number of carbonyl (C=O) groups excluding carboxylic acids is 2. The van der Waals surface area contributed by atoms with Gasteiger partial charge in [-0.2, -0.15) is 5.26 Å². The second kappa shape index (κ2) is 10.3. The summed E-state index contributed by atoms with van der Waals surface area (Å²) in [4.78, 5) is 25.2. The molecule has 1 aromatic heterocycles. The topological polar surface area (TPSA) is 84.1 Å². The molecule has 0 spiro atoms. The highest BCUT2D eigenvalue weighted by atomic mass is 16.5. The molecule has 0 bridgehead atoms. The average molecular weight is 450 g/mol. The maximum Gasteiger partial charge on any atom is 0.340 e. The van der Waals surface area contributed by atoms with E-state index in [1.165, 1.54) is 0 Å². The summed E-state index contributed by atoms with van der Waals surface area (Å²) in [6.45, 7) is 2.59. The number of benzene rings is 3. The van der Waals surface area contributed by atoms with E-state index in [1.807, 2.05) is 54.7 Å². The number of ether oxygens (including phenoxy) is 1. The lowest BCUT2D eigenvalue weighted by atomic mass is 10.1. The van der Waals surface area contributed by atoms with E-state index in [1.54, 1.807) is 37.3 Å². The molecule has 6 nitrogen and oxygen atoms in total. The Kier molecular flexibility index (Phi) is 6.85. The van der Waals surface area contributed by atoms with Crippen LogP contribution >= 0.6 is 0 Å². The predicted molar refractivity (Wildman–Crippen MR) is 132 cm³/mol. The van der Waals surface area contributed by atoms with Gasteiger partial charge in [0.25, 0.3) is 5.91 Å². The third kappa shape index (κ3) is 4.89. The Balaban J connectivity index is 1.66. The highest BCUT2D eigenvalue weighted by Gasteiger charge is 2.17. The number of rotatable bonds is 7. The third-order valence-electron chi connectivity index (χ3n) is 5.35. The lowest BCUT2D eigenvalue weighted by Gasteiger charge is -2.09. The van der Waals surface area contributed by atoms with Crippen LogP contribution < -0.4 is 5.32 Å². The van der Waals surface area contributed by atoms with Crippen LogP contribution in [0.15, 0.2) is 90.6 Å². The van der Waals surface area contributed by atoms with Gasteiger partial charge < -0.3 is 14.6 Å². The molecular formula is C28H23N3O3. The average Bonchev–Trinajstić information content (AvgIpc) is 3.20. The van der Waals surface area contributed by atoms with Crippen LogP contribution in [0.1, 0.15) is 28.4 Å². The fourth-order valence-corrected chi connectivity index (χ4v) is 3.77. The maximum atomic E-state index is 13.0. The van der Waals surface area contributed by atoms with Gasteiger partial charge in [0, 0.05) is 29.2 Å². The van der Waals surface area contributed by atoms with Crippen molar-refractivity contribution in [2.75, 3.05) is 11.9 Å². The Bertz CT molecular complexity index is 1410. The summed E-state index contributed by atoms with van der Waals surface area (Å²) >= 11 is 0. The molecule has 0 aliphatic rings. The largest absolute Gasteiger partial charge is 0.462 e. The first kappa shape index (κ1) is 22.6. The summed E-state index contributed by atoms with van der Waals surface area (Å²) < 4.78 is 7.16. The van der Waals surface area contributed by atoms with Crippen molar-refractivity contribution in [3.8, 4) is 6.07 Å². The standard InChI is InChI=1S/C28H23N3O3/c1-2-34-28(33)24-13-6-8-14-25(24)30-27(32)21(17-29)16-22-19-31(18-20-10-4-3-5-11-20)26-15-9-7-12-23(22)26/h3-16,19H,2,18H2,1H3,(H,30,32)/b21-16-. The molecule has 0 radical (unpaired) electrons. The molecule has 0 atom stereocenters. The zero-order valence-electron chi connectivity index (χ0n) is 18.7. The van der Waals surface area contributed by atoms with Crippen molar-refractivity contribution >= 4 is 34.5 Å². The number of fused-ring (bicyclic) bond motifs is 1. The number of amides is 1. The zero-order valence-corrected chi connectivity index (χ0v) is 18.7. The van der Waals surface area contributed by atoms with Crippen molar-refractivity contribution in [3.05, 3.63) is 107 Å². The fourth-order valence-electron chi connectivity index (χ4n) is 3.77. The highest BCUT2D eigenvalue weighted by Crippen LogP contribution is 2.25. The molecule has 0 saturated heterocycles. The minimum atomic E-state index is -0.598. The molecule has 3 aromatic carbocycles. The zero-order chi connectivity index (χ0) is 23.9. The van der Waals surface area contributed by atoms with Crippen molar-refractivity contribution in [3.63, 3.8) is 0 Å².